The molecule has 0 saturated heterocycles. The highest BCUT2D eigenvalue weighted by atomic mass is 15.2. The summed E-state index contributed by atoms with van der Waals surface area (Å²) in [5.41, 5.74) is 14.0. The van der Waals surface area contributed by atoms with Gasteiger partial charge in [0, 0.05) is 5.56 Å². The summed E-state index contributed by atoms with van der Waals surface area (Å²) in [6.45, 7) is 6.30. The quantitative estimate of drug-likeness (QED) is 0.735. The molecule has 21 heavy (non-hydrogen) atoms. The van der Waals surface area contributed by atoms with Crippen molar-refractivity contribution < 1.29 is 0 Å². The lowest BCUT2D eigenvalue weighted by atomic mass is 9.98. The van der Waals surface area contributed by atoms with Crippen LogP contribution in [0.4, 0.5) is 5.82 Å². The van der Waals surface area contributed by atoms with Gasteiger partial charge in [-0.05, 0) is 43.5 Å². The molecule has 1 aromatic heterocycles. The molecule has 0 aliphatic rings. The molecule has 0 atom stereocenters. The van der Waals surface area contributed by atoms with Gasteiger partial charge in [-0.1, -0.05) is 42.0 Å². The van der Waals surface area contributed by atoms with Crippen molar-refractivity contribution in [3.8, 4) is 22.4 Å². The van der Waals surface area contributed by atoms with E-state index in [1.54, 1.807) is 0 Å². The second-order valence-corrected chi connectivity index (χ2v) is 5.52. The second-order valence-electron chi connectivity index (χ2n) is 5.52. The Kier molecular flexibility index (Phi) is 3.26. The molecule has 3 nitrogen and oxygen atoms in total. The molecule has 106 valence electrons. The highest BCUT2D eigenvalue weighted by molar-refractivity contribution is 5.88. The van der Waals surface area contributed by atoms with E-state index in [2.05, 4.69) is 73.4 Å². The molecule has 0 radical (unpaired) electrons. The molecule has 3 aromatic rings. The van der Waals surface area contributed by atoms with Crippen molar-refractivity contribution in [2.75, 3.05) is 5.73 Å². The Morgan fingerprint density at radius 1 is 0.857 bits per heavy atom. The number of nitrogens with one attached hydrogen (secondary N) is 1. The molecular formula is C18H19N3. The maximum Gasteiger partial charge on any atom is 0.153 e. The number of anilines is 1. The van der Waals surface area contributed by atoms with E-state index in [1.807, 2.05) is 0 Å². The SMILES string of the molecule is Cc1ccc(-c2c(N)n[nH]c2-c2ccc(C)c(C)c2)cc1. The van der Waals surface area contributed by atoms with E-state index < -0.39 is 0 Å². The normalized spacial score (nSPS) is 10.8. The minimum absolute atomic E-state index is 0.534. The van der Waals surface area contributed by atoms with Crippen LogP contribution in [0.5, 0.6) is 0 Å². The number of aromatic amines is 1. The van der Waals surface area contributed by atoms with Gasteiger partial charge in [0.05, 0.1) is 11.3 Å². The lowest BCUT2D eigenvalue weighted by molar-refractivity contribution is 1.10. The Balaban J connectivity index is 2.16. The zero-order valence-corrected chi connectivity index (χ0v) is 12.6. The number of H-pyrrole nitrogens is 1. The van der Waals surface area contributed by atoms with Crippen LogP contribution in [0.2, 0.25) is 0 Å². The van der Waals surface area contributed by atoms with Crippen molar-refractivity contribution in [2.24, 2.45) is 0 Å². The number of nitrogen functional groups attached to an aromatic ring is 1. The third kappa shape index (κ3) is 2.42. The molecule has 0 bridgehead atoms. The largest absolute Gasteiger partial charge is 0.382 e. The first-order valence-electron chi connectivity index (χ1n) is 7.05. The van der Waals surface area contributed by atoms with Gasteiger partial charge >= 0.3 is 0 Å². The molecule has 0 amide bonds. The fraction of sp³-hybridized carbons (Fsp3) is 0.167. The fourth-order valence-electron chi connectivity index (χ4n) is 2.47. The first-order valence-corrected chi connectivity index (χ1v) is 7.05. The molecule has 0 aliphatic heterocycles. The zero-order valence-electron chi connectivity index (χ0n) is 12.6. The average Bonchev–Trinajstić information content (AvgIpc) is 2.85. The van der Waals surface area contributed by atoms with Crippen molar-refractivity contribution in [1.82, 2.24) is 10.2 Å². The highest BCUT2D eigenvalue weighted by Gasteiger charge is 2.15. The Hall–Kier alpha value is -2.55. The van der Waals surface area contributed by atoms with Gasteiger partial charge in [-0.3, -0.25) is 5.10 Å². The van der Waals surface area contributed by atoms with E-state index in [4.69, 9.17) is 5.73 Å². The van der Waals surface area contributed by atoms with Gasteiger partial charge in [0.2, 0.25) is 0 Å². The van der Waals surface area contributed by atoms with Crippen LogP contribution < -0.4 is 5.73 Å². The summed E-state index contributed by atoms with van der Waals surface area (Å²) in [5, 5.41) is 7.27. The average molecular weight is 277 g/mol. The minimum Gasteiger partial charge on any atom is -0.382 e. The fourth-order valence-corrected chi connectivity index (χ4v) is 2.47. The number of benzene rings is 2. The summed E-state index contributed by atoms with van der Waals surface area (Å²) in [6.07, 6.45) is 0. The molecule has 0 unspecified atom stereocenters. The number of nitrogens with two attached hydrogens (primary N) is 1. The van der Waals surface area contributed by atoms with Crippen molar-refractivity contribution in [3.05, 3.63) is 59.2 Å². The monoisotopic (exact) mass is 277 g/mol. The number of aryl methyl sites for hydroxylation is 3. The second kappa shape index (κ2) is 5.09. The molecule has 0 saturated carbocycles. The van der Waals surface area contributed by atoms with Crippen LogP contribution in [0, 0.1) is 20.8 Å². The molecule has 0 fully saturated rings. The van der Waals surface area contributed by atoms with Crippen molar-refractivity contribution >= 4 is 5.82 Å². The van der Waals surface area contributed by atoms with Gasteiger partial charge < -0.3 is 5.73 Å². The van der Waals surface area contributed by atoms with Gasteiger partial charge in [0.1, 0.15) is 0 Å². The maximum atomic E-state index is 6.07. The Bertz CT molecular complexity index is 783. The Labute approximate surface area is 124 Å². The van der Waals surface area contributed by atoms with E-state index in [1.165, 1.54) is 16.7 Å². The van der Waals surface area contributed by atoms with Gasteiger partial charge in [-0.15, -0.1) is 0 Å². The van der Waals surface area contributed by atoms with Crippen LogP contribution in [-0.2, 0) is 0 Å². The topological polar surface area (TPSA) is 54.7 Å². The van der Waals surface area contributed by atoms with Crippen LogP contribution in [-0.4, -0.2) is 10.2 Å². The van der Waals surface area contributed by atoms with Crippen LogP contribution in [0.3, 0.4) is 0 Å². The van der Waals surface area contributed by atoms with Crippen LogP contribution in [0.15, 0.2) is 42.5 Å². The molecular weight excluding hydrogens is 258 g/mol. The third-order valence-electron chi connectivity index (χ3n) is 3.93. The molecule has 2 aromatic carbocycles. The van der Waals surface area contributed by atoms with Gasteiger partial charge in [0.25, 0.3) is 0 Å². The van der Waals surface area contributed by atoms with E-state index in [-0.39, 0.29) is 0 Å². The van der Waals surface area contributed by atoms with Crippen molar-refractivity contribution in [3.63, 3.8) is 0 Å². The molecule has 0 spiro atoms. The van der Waals surface area contributed by atoms with Crippen LogP contribution in [0.1, 0.15) is 16.7 Å². The molecule has 0 aliphatic carbocycles. The van der Waals surface area contributed by atoms with Gasteiger partial charge in [0.15, 0.2) is 5.82 Å². The standard InChI is InChI=1S/C18H19N3/c1-11-4-7-14(8-5-11)16-17(20-21-18(16)19)15-9-6-12(2)13(3)10-15/h4-10H,1-3H3,(H3,19,20,21). The Morgan fingerprint density at radius 3 is 2.19 bits per heavy atom. The predicted octanol–water partition coefficient (Wildman–Crippen LogP) is 4.25. The maximum absolute atomic E-state index is 6.07. The highest BCUT2D eigenvalue weighted by Crippen LogP contribution is 2.35. The van der Waals surface area contributed by atoms with Crippen LogP contribution in [0.25, 0.3) is 22.4 Å². The lowest BCUT2D eigenvalue weighted by Crippen LogP contribution is -1.90. The van der Waals surface area contributed by atoms with Gasteiger partial charge in [-0.25, -0.2) is 0 Å². The first-order chi connectivity index (χ1) is 10.1. The number of hydrogen-bond acceptors (Lipinski definition) is 2. The van der Waals surface area contributed by atoms with Crippen LogP contribution >= 0.6 is 0 Å². The van der Waals surface area contributed by atoms with E-state index in [9.17, 15) is 0 Å². The smallest absolute Gasteiger partial charge is 0.153 e. The van der Waals surface area contributed by atoms with Crippen molar-refractivity contribution in [2.45, 2.75) is 20.8 Å². The number of nitrogens with zero attached hydrogens (tertiary/aromatic N) is 1. The molecule has 3 rings (SSSR count). The van der Waals surface area contributed by atoms with Gasteiger partial charge in [-0.2, -0.15) is 5.10 Å². The third-order valence-corrected chi connectivity index (χ3v) is 3.93. The summed E-state index contributed by atoms with van der Waals surface area (Å²) in [6, 6.07) is 14.7. The van der Waals surface area contributed by atoms with Crippen molar-refractivity contribution in [1.29, 1.82) is 0 Å². The van der Waals surface area contributed by atoms with E-state index in [0.29, 0.717) is 5.82 Å². The van der Waals surface area contributed by atoms with E-state index >= 15 is 0 Å². The molecule has 1 heterocycles. The summed E-state index contributed by atoms with van der Waals surface area (Å²) >= 11 is 0. The number of rotatable bonds is 2. The lowest BCUT2D eigenvalue weighted by Gasteiger charge is -2.07. The first kappa shape index (κ1) is 13.4. The number of aromatic nitrogens is 2. The van der Waals surface area contributed by atoms with E-state index in [0.717, 1.165) is 22.4 Å². The summed E-state index contributed by atoms with van der Waals surface area (Å²) in [5.74, 6) is 0.534. The summed E-state index contributed by atoms with van der Waals surface area (Å²) in [4.78, 5) is 0. The molecule has 3 heteroatoms. The zero-order chi connectivity index (χ0) is 15.0. The Morgan fingerprint density at radius 2 is 1.52 bits per heavy atom. The number of hydrogen-bond donors (Lipinski definition) is 2. The predicted molar refractivity (Wildman–Crippen MR) is 88.1 cm³/mol. The summed E-state index contributed by atoms with van der Waals surface area (Å²) in [7, 11) is 0. The summed E-state index contributed by atoms with van der Waals surface area (Å²) < 4.78 is 0. The minimum atomic E-state index is 0.534. The molecule has 3 N–H and O–H groups in total.